The Morgan fingerprint density at radius 2 is 1.91 bits per heavy atom. The van der Waals surface area contributed by atoms with Gasteiger partial charge in [-0.15, -0.1) is 0 Å². The molecule has 1 heterocycles. The molecule has 0 aliphatic heterocycles. The van der Waals surface area contributed by atoms with Crippen LogP contribution in [0.5, 0.6) is 0 Å². The van der Waals surface area contributed by atoms with Gasteiger partial charge in [-0.1, -0.05) is 47.5 Å². The quantitative estimate of drug-likeness (QED) is 0.486. The minimum atomic E-state index is -0.519. The molecule has 0 spiro atoms. The summed E-state index contributed by atoms with van der Waals surface area (Å²) in [6.07, 6.45) is 3.40. The van der Waals surface area contributed by atoms with Crippen molar-refractivity contribution in [2.24, 2.45) is 0 Å². The van der Waals surface area contributed by atoms with Crippen LogP contribution in [0.2, 0.25) is 10.0 Å². The van der Waals surface area contributed by atoms with E-state index in [1.165, 1.54) is 0 Å². The van der Waals surface area contributed by atoms with Gasteiger partial charge in [-0.3, -0.25) is 4.79 Å². The maximum Gasteiger partial charge on any atom is 0.339 e. The number of aromatic nitrogens is 1. The number of ether oxygens (including phenoxy) is 1. The number of allylic oxidation sites excluding steroid dienone is 1. The number of para-hydroxylation sites is 1. The number of nitrogens with zero attached hydrogens (tertiary/aromatic N) is 1. The second-order valence-electron chi connectivity index (χ2n) is 7.97. The SMILES string of the molecule is CC(C)NC(=O)COC(=O)c1c2c(nc3ccccc13)/C(=C\c1ccc(Cl)c(Cl)c1)CC2. The maximum absolute atomic E-state index is 13.1. The largest absolute Gasteiger partial charge is 0.452 e. The van der Waals surface area contributed by atoms with Crippen molar-refractivity contribution in [3.8, 4) is 0 Å². The minimum absolute atomic E-state index is 0.0266. The first-order chi connectivity index (χ1) is 15.3. The fraction of sp³-hybridized carbons (Fsp3) is 0.240. The van der Waals surface area contributed by atoms with E-state index < -0.39 is 5.97 Å². The van der Waals surface area contributed by atoms with Crippen LogP contribution in [-0.2, 0) is 16.0 Å². The summed E-state index contributed by atoms with van der Waals surface area (Å²) in [7, 11) is 0. The number of hydrogen-bond donors (Lipinski definition) is 1. The topological polar surface area (TPSA) is 68.3 Å². The molecule has 3 aromatic rings. The van der Waals surface area contributed by atoms with Crippen molar-refractivity contribution in [3.05, 3.63) is 74.9 Å². The molecule has 4 rings (SSSR count). The number of benzene rings is 2. The van der Waals surface area contributed by atoms with Gasteiger partial charge in [-0.2, -0.15) is 0 Å². The molecule has 164 valence electrons. The number of fused-ring (bicyclic) bond motifs is 2. The Hall–Kier alpha value is -2.89. The Morgan fingerprint density at radius 1 is 1.12 bits per heavy atom. The molecule has 1 N–H and O–H groups in total. The van der Waals surface area contributed by atoms with Gasteiger partial charge in [0.1, 0.15) is 0 Å². The highest BCUT2D eigenvalue weighted by Gasteiger charge is 2.28. The molecule has 1 amide bonds. The number of rotatable bonds is 5. The third-order valence-corrected chi connectivity index (χ3v) is 5.95. The molecular formula is C25H22Cl2N2O3. The normalized spacial score (nSPS) is 14.1. The van der Waals surface area contributed by atoms with Crippen molar-refractivity contribution >= 4 is 57.6 Å². The summed E-state index contributed by atoms with van der Waals surface area (Å²) in [5.41, 5.74) is 4.70. The summed E-state index contributed by atoms with van der Waals surface area (Å²) < 4.78 is 5.38. The first-order valence-electron chi connectivity index (χ1n) is 10.4. The summed E-state index contributed by atoms with van der Waals surface area (Å²) in [5.74, 6) is -0.849. The smallest absolute Gasteiger partial charge is 0.339 e. The second-order valence-corrected chi connectivity index (χ2v) is 8.79. The number of carbonyl (C=O) groups excluding carboxylic acids is 2. The average Bonchev–Trinajstić information content (AvgIpc) is 3.14. The van der Waals surface area contributed by atoms with Gasteiger partial charge >= 0.3 is 5.97 Å². The highest BCUT2D eigenvalue weighted by atomic mass is 35.5. The molecule has 0 unspecified atom stereocenters. The summed E-state index contributed by atoms with van der Waals surface area (Å²) in [6, 6.07) is 12.9. The van der Waals surface area contributed by atoms with E-state index in [0.29, 0.717) is 27.5 Å². The molecule has 1 aromatic heterocycles. The Balaban J connectivity index is 1.73. The number of hydrogen-bond acceptors (Lipinski definition) is 4. The van der Waals surface area contributed by atoms with Gasteiger partial charge in [0.25, 0.3) is 5.91 Å². The van der Waals surface area contributed by atoms with E-state index in [2.05, 4.69) is 5.32 Å². The van der Waals surface area contributed by atoms with Gasteiger partial charge in [0.05, 0.1) is 26.8 Å². The monoisotopic (exact) mass is 468 g/mol. The predicted octanol–water partition coefficient (Wildman–Crippen LogP) is 5.71. The molecule has 0 saturated carbocycles. The highest BCUT2D eigenvalue weighted by Crippen LogP contribution is 2.38. The standard InChI is InChI=1S/C25H22Cl2N2O3/c1-14(2)28-22(30)13-32-25(31)23-17-5-3-4-6-21(17)29-24-16(8-9-18(23)24)11-15-7-10-19(26)20(27)12-15/h3-7,10-12,14H,8-9,13H2,1-2H3,(H,28,30)/b16-11-. The number of pyridine rings is 1. The second kappa shape index (κ2) is 9.31. The van der Waals surface area contributed by atoms with E-state index in [-0.39, 0.29) is 18.6 Å². The van der Waals surface area contributed by atoms with Crippen LogP contribution in [-0.4, -0.2) is 29.5 Å². The van der Waals surface area contributed by atoms with Crippen LogP contribution in [0.4, 0.5) is 0 Å². The molecule has 1 aliphatic carbocycles. The predicted molar refractivity (Wildman–Crippen MR) is 128 cm³/mol. The zero-order valence-electron chi connectivity index (χ0n) is 17.7. The lowest BCUT2D eigenvalue weighted by molar-refractivity contribution is -0.124. The van der Waals surface area contributed by atoms with Crippen LogP contribution in [0.1, 0.15) is 47.4 Å². The summed E-state index contributed by atoms with van der Waals surface area (Å²) in [5, 5.41) is 4.42. The van der Waals surface area contributed by atoms with Gasteiger partial charge in [-0.05, 0) is 67.7 Å². The van der Waals surface area contributed by atoms with Crippen LogP contribution < -0.4 is 5.32 Å². The first kappa shape index (κ1) is 22.3. The van der Waals surface area contributed by atoms with Crippen LogP contribution in [0.25, 0.3) is 22.6 Å². The third-order valence-electron chi connectivity index (χ3n) is 5.21. The number of amides is 1. The van der Waals surface area contributed by atoms with Crippen molar-refractivity contribution in [3.63, 3.8) is 0 Å². The molecule has 32 heavy (non-hydrogen) atoms. The van der Waals surface area contributed by atoms with Crippen molar-refractivity contribution in [2.45, 2.75) is 32.7 Å². The van der Waals surface area contributed by atoms with E-state index in [4.69, 9.17) is 32.9 Å². The van der Waals surface area contributed by atoms with Gasteiger partial charge in [-0.25, -0.2) is 9.78 Å². The summed E-state index contributed by atoms with van der Waals surface area (Å²) in [4.78, 5) is 29.9. The number of carbonyl (C=O) groups is 2. The molecule has 0 atom stereocenters. The van der Waals surface area contributed by atoms with E-state index in [9.17, 15) is 9.59 Å². The van der Waals surface area contributed by atoms with E-state index in [1.807, 2.05) is 50.3 Å². The van der Waals surface area contributed by atoms with E-state index >= 15 is 0 Å². The minimum Gasteiger partial charge on any atom is -0.452 e. The highest BCUT2D eigenvalue weighted by molar-refractivity contribution is 6.42. The number of nitrogens with one attached hydrogen (secondary N) is 1. The summed E-state index contributed by atoms with van der Waals surface area (Å²) >= 11 is 12.2. The fourth-order valence-electron chi connectivity index (χ4n) is 3.88. The molecule has 2 aromatic carbocycles. The van der Waals surface area contributed by atoms with Crippen molar-refractivity contribution in [1.82, 2.24) is 10.3 Å². The summed E-state index contributed by atoms with van der Waals surface area (Å²) in [6.45, 7) is 3.38. The zero-order chi connectivity index (χ0) is 22.8. The van der Waals surface area contributed by atoms with Gasteiger partial charge in [0.15, 0.2) is 6.61 Å². The van der Waals surface area contributed by atoms with Crippen LogP contribution in [0, 0.1) is 0 Å². The fourth-order valence-corrected chi connectivity index (χ4v) is 4.19. The first-order valence-corrected chi connectivity index (χ1v) is 11.1. The lowest BCUT2D eigenvalue weighted by Crippen LogP contribution is -2.34. The Morgan fingerprint density at radius 3 is 2.66 bits per heavy atom. The van der Waals surface area contributed by atoms with Gasteiger partial charge < -0.3 is 10.1 Å². The third kappa shape index (κ3) is 4.64. The molecule has 0 fully saturated rings. The molecule has 0 bridgehead atoms. The molecule has 5 nitrogen and oxygen atoms in total. The van der Waals surface area contributed by atoms with Gasteiger partial charge in [0.2, 0.25) is 0 Å². The zero-order valence-corrected chi connectivity index (χ0v) is 19.3. The molecule has 7 heteroatoms. The van der Waals surface area contributed by atoms with Crippen LogP contribution in [0.15, 0.2) is 42.5 Å². The van der Waals surface area contributed by atoms with Crippen LogP contribution in [0.3, 0.4) is 0 Å². The number of esters is 1. The lowest BCUT2D eigenvalue weighted by atomic mass is 10.0. The maximum atomic E-state index is 13.1. The van der Waals surface area contributed by atoms with Crippen molar-refractivity contribution in [1.29, 1.82) is 0 Å². The Bertz CT molecular complexity index is 1250. The molecule has 0 radical (unpaired) electrons. The van der Waals surface area contributed by atoms with Crippen molar-refractivity contribution in [2.75, 3.05) is 6.61 Å². The molecular weight excluding hydrogens is 447 g/mol. The van der Waals surface area contributed by atoms with E-state index in [1.54, 1.807) is 12.1 Å². The Labute approximate surface area is 196 Å². The van der Waals surface area contributed by atoms with Gasteiger partial charge in [0, 0.05) is 11.4 Å². The van der Waals surface area contributed by atoms with Crippen molar-refractivity contribution < 1.29 is 14.3 Å². The number of halogens is 2. The Kier molecular flexibility index (Phi) is 6.49. The average molecular weight is 469 g/mol. The molecule has 0 saturated heterocycles. The van der Waals surface area contributed by atoms with E-state index in [0.717, 1.165) is 34.2 Å². The van der Waals surface area contributed by atoms with Crippen LogP contribution >= 0.6 is 23.2 Å². The molecule has 1 aliphatic rings. The lowest BCUT2D eigenvalue weighted by Gasteiger charge is -2.13.